The maximum atomic E-state index is 10.0. The quantitative estimate of drug-likeness (QED) is 0.862. The lowest BCUT2D eigenvalue weighted by Gasteiger charge is -2.16. The van der Waals surface area contributed by atoms with Crippen molar-refractivity contribution >= 4 is 0 Å². The zero-order chi connectivity index (χ0) is 13.1. The van der Waals surface area contributed by atoms with E-state index in [-0.39, 0.29) is 6.10 Å². The summed E-state index contributed by atoms with van der Waals surface area (Å²) in [5, 5.41) is 10.0. The van der Waals surface area contributed by atoms with E-state index in [1.807, 2.05) is 0 Å². The molecule has 2 rings (SSSR count). The summed E-state index contributed by atoms with van der Waals surface area (Å²) in [4.78, 5) is 0. The largest absolute Gasteiger partial charge is 0.465 e. The Morgan fingerprint density at radius 2 is 2.22 bits per heavy atom. The van der Waals surface area contributed by atoms with Crippen LogP contribution in [0.4, 0.5) is 0 Å². The first-order valence-corrected chi connectivity index (χ1v) is 7.39. The SMILES string of the molecule is CCCCC(O)Cc1oc2c(c1C)CC[C@@H](C)C2. The van der Waals surface area contributed by atoms with Crippen molar-refractivity contribution in [3.63, 3.8) is 0 Å². The fraction of sp³-hybridized carbons (Fsp3) is 0.750. The summed E-state index contributed by atoms with van der Waals surface area (Å²) in [5.41, 5.74) is 2.72. The third-order valence-electron chi connectivity index (χ3n) is 4.19. The van der Waals surface area contributed by atoms with Crippen molar-refractivity contribution in [2.45, 2.75) is 71.8 Å². The van der Waals surface area contributed by atoms with Gasteiger partial charge in [0, 0.05) is 12.8 Å². The van der Waals surface area contributed by atoms with Gasteiger partial charge in [-0.2, -0.15) is 0 Å². The molecule has 1 N–H and O–H groups in total. The molecule has 0 spiro atoms. The van der Waals surface area contributed by atoms with E-state index in [9.17, 15) is 5.11 Å². The van der Waals surface area contributed by atoms with Crippen LogP contribution >= 0.6 is 0 Å². The molecule has 1 aliphatic carbocycles. The fourth-order valence-corrected chi connectivity index (χ4v) is 2.92. The van der Waals surface area contributed by atoms with Crippen LogP contribution in [0.3, 0.4) is 0 Å². The molecule has 1 aromatic heterocycles. The minimum atomic E-state index is -0.242. The summed E-state index contributed by atoms with van der Waals surface area (Å²) in [5.74, 6) is 2.95. The first-order chi connectivity index (χ1) is 8.61. The Morgan fingerprint density at radius 3 is 2.94 bits per heavy atom. The first kappa shape index (κ1) is 13.7. The topological polar surface area (TPSA) is 33.4 Å². The van der Waals surface area contributed by atoms with E-state index in [2.05, 4.69) is 20.8 Å². The molecule has 0 bridgehead atoms. The lowest BCUT2D eigenvalue weighted by Crippen LogP contribution is -2.10. The van der Waals surface area contributed by atoms with Gasteiger partial charge in [-0.3, -0.25) is 0 Å². The standard InChI is InChI=1S/C16H26O2/c1-4-5-6-13(17)10-15-12(3)14-8-7-11(2)9-16(14)18-15/h11,13,17H,4-10H2,1-3H3/t11-,13?/m1/s1. The van der Waals surface area contributed by atoms with Crippen molar-refractivity contribution in [2.75, 3.05) is 0 Å². The van der Waals surface area contributed by atoms with Crippen LogP contribution in [0.2, 0.25) is 0 Å². The zero-order valence-corrected chi connectivity index (χ0v) is 12.0. The van der Waals surface area contributed by atoms with Crippen LogP contribution in [0.5, 0.6) is 0 Å². The normalized spacial score (nSPS) is 20.8. The Labute approximate surface area is 110 Å². The molecule has 1 aliphatic rings. The monoisotopic (exact) mass is 250 g/mol. The minimum Gasteiger partial charge on any atom is -0.465 e. The molecule has 18 heavy (non-hydrogen) atoms. The van der Waals surface area contributed by atoms with Crippen molar-refractivity contribution in [3.05, 3.63) is 22.6 Å². The molecule has 0 radical (unpaired) electrons. The van der Waals surface area contributed by atoms with E-state index >= 15 is 0 Å². The molecule has 0 fully saturated rings. The summed E-state index contributed by atoms with van der Waals surface area (Å²) < 4.78 is 6.00. The fourth-order valence-electron chi connectivity index (χ4n) is 2.92. The van der Waals surface area contributed by atoms with E-state index in [0.29, 0.717) is 6.42 Å². The number of fused-ring (bicyclic) bond motifs is 1. The van der Waals surface area contributed by atoms with Gasteiger partial charge >= 0.3 is 0 Å². The Bertz CT molecular complexity index is 392. The molecule has 1 unspecified atom stereocenters. The van der Waals surface area contributed by atoms with Crippen molar-refractivity contribution in [1.29, 1.82) is 0 Å². The molecular formula is C16H26O2. The molecule has 2 atom stereocenters. The molecule has 2 heteroatoms. The van der Waals surface area contributed by atoms with Crippen LogP contribution in [0.1, 0.15) is 62.2 Å². The van der Waals surface area contributed by atoms with Crippen molar-refractivity contribution in [1.82, 2.24) is 0 Å². The molecule has 0 aromatic carbocycles. The Kier molecular flexibility index (Phi) is 4.50. The van der Waals surface area contributed by atoms with Crippen LogP contribution in [-0.2, 0) is 19.3 Å². The van der Waals surface area contributed by atoms with Crippen molar-refractivity contribution in [2.24, 2.45) is 5.92 Å². The molecule has 0 saturated heterocycles. The van der Waals surface area contributed by atoms with Crippen molar-refractivity contribution < 1.29 is 9.52 Å². The number of aliphatic hydroxyl groups is 1. The average Bonchev–Trinajstić information content (AvgIpc) is 2.63. The van der Waals surface area contributed by atoms with Crippen LogP contribution < -0.4 is 0 Å². The summed E-state index contributed by atoms with van der Waals surface area (Å²) in [6, 6.07) is 0. The number of furan rings is 1. The van der Waals surface area contributed by atoms with E-state index < -0.39 is 0 Å². The molecule has 0 saturated carbocycles. The van der Waals surface area contributed by atoms with Gasteiger partial charge in [0.15, 0.2) is 0 Å². The summed E-state index contributed by atoms with van der Waals surface area (Å²) >= 11 is 0. The second-order valence-electron chi connectivity index (χ2n) is 5.90. The molecule has 0 amide bonds. The maximum Gasteiger partial charge on any atom is 0.109 e. The van der Waals surface area contributed by atoms with Gasteiger partial charge in [0.05, 0.1) is 6.10 Å². The highest BCUT2D eigenvalue weighted by Gasteiger charge is 2.24. The van der Waals surface area contributed by atoms with Crippen molar-refractivity contribution in [3.8, 4) is 0 Å². The van der Waals surface area contributed by atoms with Gasteiger partial charge in [0.25, 0.3) is 0 Å². The highest BCUT2D eigenvalue weighted by atomic mass is 16.3. The van der Waals surface area contributed by atoms with E-state index in [1.165, 1.54) is 23.3 Å². The first-order valence-electron chi connectivity index (χ1n) is 7.39. The molecule has 2 nitrogen and oxygen atoms in total. The van der Waals surface area contributed by atoms with E-state index in [4.69, 9.17) is 4.42 Å². The molecule has 1 aromatic rings. The number of unbranched alkanes of at least 4 members (excludes halogenated alkanes) is 1. The van der Waals surface area contributed by atoms with E-state index in [1.54, 1.807) is 0 Å². The van der Waals surface area contributed by atoms with Gasteiger partial charge in [0.2, 0.25) is 0 Å². The summed E-state index contributed by atoms with van der Waals surface area (Å²) in [7, 11) is 0. The van der Waals surface area contributed by atoms with Gasteiger partial charge < -0.3 is 9.52 Å². The number of hydrogen-bond donors (Lipinski definition) is 1. The summed E-state index contributed by atoms with van der Waals surface area (Å²) in [6.45, 7) is 6.60. The van der Waals surface area contributed by atoms with Crippen LogP contribution in [0.25, 0.3) is 0 Å². The van der Waals surface area contributed by atoms with Gasteiger partial charge in [-0.25, -0.2) is 0 Å². The second-order valence-corrected chi connectivity index (χ2v) is 5.90. The lowest BCUT2D eigenvalue weighted by molar-refractivity contribution is 0.153. The predicted molar refractivity (Wildman–Crippen MR) is 73.9 cm³/mol. The highest BCUT2D eigenvalue weighted by Crippen LogP contribution is 2.32. The van der Waals surface area contributed by atoms with E-state index in [0.717, 1.165) is 43.8 Å². The highest BCUT2D eigenvalue weighted by molar-refractivity contribution is 5.34. The molecule has 0 aliphatic heterocycles. The lowest BCUT2D eigenvalue weighted by atomic mass is 9.88. The Balaban J connectivity index is 2.05. The number of hydrogen-bond acceptors (Lipinski definition) is 2. The van der Waals surface area contributed by atoms with Crippen LogP contribution in [0.15, 0.2) is 4.42 Å². The van der Waals surface area contributed by atoms with Gasteiger partial charge in [-0.15, -0.1) is 0 Å². The summed E-state index contributed by atoms with van der Waals surface area (Å²) in [6.07, 6.45) is 7.06. The van der Waals surface area contributed by atoms with Gasteiger partial charge in [-0.05, 0) is 43.2 Å². The smallest absolute Gasteiger partial charge is 0.109 e. The van der Waals surface area contributed by atoms with Gasteiger partial charge in [-0.1, -0.05) is 26.7 Å². The predicted octanol–water partition coefficient (Wildman–Crippen LogP) is 3.81. The second kappa shape index (κ2) is 5.92. The number of rotatable bonds is 5. The maximum absolute atomic E-state index is 10.0. The van der Waals surface area contributed by atoms with Crippen LogP contribution in [0, 0.1) is 12.8 Å². The third-order valence-corrected chi connectivity index (χ3v) is 4.19. The number of aliphatic hydroxyl groups excluding tert-OH is 1. The van der Waals surface area contributed by atoms with Crippen LogP contribution in [-0.4, -0.2) is 11.2 Å². The van der Waals surface area contributed by atoms with Gasteiger partial charge in [0.1, 0.15) is 11.5 Å². The molecule has 1 heterocycles. The molecular weight excluding hydrogens is 224 g/mol. The Morgan fingerprint density at radius 1 is 1.44 bits per heavy atom. The zero-order valence-electron chi connectivity index (χ0n) is 12.0. The minimum absolute atomic E-state index is 0.242. The molecule has 102 valence electrons. The average molecular weight is 250 g/mol. The Hall–Kier alpha value is -0.760. The third kappa shape index (κ3) is 2.97.